The van der Waals surface area contributed by atoms with Crippen LogP contribution in [0.15, 0.2) is 18.4 Å². The van der Waals surface area contributed by atoms with Crippen LogP contribution in [0.3, 0.4) is 0 Å². The molecular weight excluding hydrogens is 1810 g/mol. The molecule has 3 radical (unpaired) electrons. The first kappa shape index (κ1) is 95.7. The van der Waals surface area contributed by atoms with Gasteiger partial charge < -0.3 is 61.4 Å². The molecule has 4 unspecified atom stereocenters. The molecule has 4 aromatic heterocycles. The van der Waals surface area contributed by atoms with Crippen molar-refractivity contribution in [2.24, 2.45) is 0 Å². The summed E-state index contributed by atoms with van der Waals surface area (Å²) in [6.07, 6.45) is 2.27. The molecule has 4 aromatic rings. The van der Waals surface area contributed by atoms with Gasteiger partial charge in [-0.05, 0) is 154 Å². The number of nitrogens with zero attached hydrogens (tertiary/aromatic N) is 11. The van der Waals surface area contributed by atoms with E-state index in [1.165, 1.54) is 0 Å². The van der Waals surface area contributed by atoms with Crippen molar-refractivity contribution in [3.05, 3.63) is 63.4 Å². The Morgan fingerprint density at radius 1 is 0.585 bits per heavy atom. The van der Waals surface area contributed by atoms with Crippen LogP contribution in [0.2, 0.25) is 0 Å². The number of aliphatic hydroxyl groups is 1. The molecule has 8 rings (SSSR count). The van der Waals surface area contributed by atoms with Crippen molar-refractivity contribution in [3.63, 3.8) is 0 Å². The van der Waals surface area contributed by atoms with Crippen molar-refractivity contribution >= 4 is 136 Å². The zero-order valence-electron chi connectivity index (χ0n) is 59.2. The number of carbonyl (C=O) groups is 8. The van der Waals surface area contributed by atoms with Crippen LogP contribution in [0.4, 0.5) is 9.59 Å². The Morgan fingerprint density at radius 2 is 0.904 bits per heavy atom. The number of fused-ring (bicyclic) bond motifs is 4. The largest absolute Gasteiger partial charge is 1.00 e. The molecular formula is C57H86BBr5Cs2N12NaO16. The number of H-pyrrole nitrogens is 1. The third-order valence-electron chi connectivity index (χ3n) is 13.5. The number of carbonyl (C=O) groups excluding carboxylic acids is 8. The second-order valence-electron chi connectivity index (χ2n) is 22.6. The Hall–Kier alpha value is -0.311. The third-order valence-corrected chi connectivity index (χ3v) is 16.5. The van der Waals surface area contributed by atoms with E-state index in [1.54, 1.807) is 79.5 Å². The molecule has 0 aromatic carbocycles. The summed E-state index contributed by atoms with van der Waals surface area (Å²) >= 11 is 16.7. The number of rotatable bonds is 11. The fourth-order valence-electron chi connectivity index (χ4n) is 9.04. The minimum absolute atomic E-state index is 0. The van der Waals surface area contributed by atoms with Gasteiger partial charge in [-0.3, -0.25) is 38.3 Å². The molecule has 0 bridgehead atoms. The van der Waals surface area contributed by atoms with Gasteiger partial charge in [-0.25, -0.2) is 19.2 Å². The second kappa shape index (κ2) is 46.3. The summed E-state index contributed by atoms with van der Waals surface area (Å²) in [4.78, 5) is 99.3. The van der Waals surface area contributed by atoms with E-state index in [2.05, 4.69) is 115 Å². The van der Waals surface area contributed by atoms with Crippen molar-refractivity contribution in [3.8, 4) is 0 Å². The number of aliphatic hydroxyl groups excluding tert-OH is 1. The predicted octanol–water partition coefficient (Wildman–Crippen LogP) is -1.07. The van der Waals surface area contributed by atoms with Gasteiger partial charge in [0.1, 0.15) is 46.5 Å². The maximum Gasteiger partial charge on any atom is 1.00 e. The van der Waals surface area contributed by atoms with Crippen LogP contribution < -0.4 is 173 Å². The minimum atomic E-state index is -0.531. The molecule has 0 spiro atoms. The molecule has 0 fully saturated rings. The van der Waals surface area contributed by atoms with E-state index < -0.39 is 23.3 Å². The van der Waals surface area contributed by atoms with Crippen LogP contribution in [0.1, 0.15) is 170 Å². The average molecular weight is 1890 g/mol. The number of nitrogens with one attached hydrogen (secondary N) is 1. The number of esters is 3. The Kier molecular flexibility index (Phi) is 47.2. The van der Waals surface area contributed by atoms with Crippen LogP contribution in [-0.2, 0) is 109 Å². The van der Waals surface area contributed by atoms with Crippen LogP contribution in [0.25, 0.3) is 0 Å². The first-order valence-electron chi connectivity index (χ1n) is 29.0. The van der Waals surface area contributed by atoms with E-state index in [4.69, 9.17) is 29.0 Å². The van der Waals surface area contributed by atoms with E-state index in [0.29, 0.717) is 87.7 Å². The first-order valence-corrected chi connectivity index (χ1v) is 33.1. The second-order valence-corrected chi connectivity index (χ2v) is 27.0. The number of alkyl halides is 1. The molecule has 4 atom stereocenters. The SMILES string of the molecule is CC(=O)N1CCc2c(c(Br)nn2C(C)CO)C1.CC(C)(C)OC(=O)N1CCc2[nH]nc(Br)c2C1.CCOC(=O)C(C)Br.CCOC(=O)C(C)n1nc(Br)c2c1CCN(C(=O)OC(C)(C)C)C2.CCOC(=O)C(C)n1nc(Br)c2c1CCN(C(C)=O)C2.O=CO[O-].[B].[Cs+].[Cs+].[H-].[H-].[Na+]. The average Bonchev–Trinajstić information content (AvgIpc) is 1.65. The molecule has 37 heteroatoms. The van der Waals surface area contributed by atoms with Gasteiger partial charge in [0.05, 0.1) is 58.6 Å². The maximum absolute atomic E-state index is 12.3. The maximum atomic E-state index is 12.3. The molecule has 0 aliphatic carbocycles. The Balaban J connectivity index is -0.000000548. The van der Waals surface area contributed by atoms with Gasteiger partial charge in [0.15, 0.2) is 0 Å². The van der Waals surface area contributed by atoms with E-state index >= 15 is 0 Å². The van der Waals surface area contributed by atoms with Gasteiger partial charge in [0, 0.05) is 119 Å². The fraction of sp³-hybridized carbons (Fsp3) is 0.649. The number of hydrogen-bond donors (Lipinski definition) is 2. The van der Waals surface area contributed by atoms with Crippen LogP contribution in [0, 0.1) is 0 Å². The summed E-state index contributed by atoms with van der Waals surface area (Å²) in [5.41, 5.74) is 7.16. The van der Waals surface area contributed by atoms with Crippen LogP contribution in [0.5, 0.6) is 0 Å². The molecule has 2 N–H and O–H groups in total. The van der Waals surface area contributed by atoms with Crippen molar-refractivity contribution in [2.45, 2.75) is 190 Å². The molecule has 0 saturated heterocycles. The zero-order chi connectivity index (χ0) is 68.1. The summed E-state index contributed by atoms with van der Waals surface area (Å²) < 4.78 is 33.6. The molecule has 28 nitrogen and oxygen atoms in total. The van der Waals surface area contributed by atoms with Crippen molar-refractivity contribution in [1.29, 1.82) is 0 Å². The van der Waals surface area contributed by atoms with E-state index in [-0.39, 0.29) is 244 Å². The van der Waals surface area contributed by atoms with Gasteiger partial charge in [-0.15, -0.1) is 0 Å². The number of halogens is 5. The Bertz CT molecular complexity index is 3120. The zero-order valence-corrected chi connectivity index (χ0v) is 79.6. The third kappa shape index (κ3) is 29.9. The van der Waals surface area contributed by atoms with Gasteiger partial charge in [0.2, 0.25) is 11.8 Å². The van der Waals surface area contributed by atoms with Crippen molar-refractivity contribution in [1.82, 2.24) is 59.1 Å². The molecule has 94 heavy (non-hydrogen) atoms. The molecule has 8 heterocycles. The molecule has 511 valence electrons. The number of ether oxygens (including phenoxy) is 5. The Labute approximate surface area is 736 Å². The summed E-state index contributed by atoms with van der Waals surface area (Å²) in [5, 5.41) is 37.9. The normalized spacial score (nSPS) is 14.5. The summed E-state index contributed by atoms with van der Waals surface area (Å²) in [5.74, 6) is -0.670. The summed E-state index contributed by atoms with van der Waals surface area (Å²) in [6, 6.07) is -0.990. The number of hydrogen-bond acceptors (Lipinski definition) is 20. The van der Waals surface area contributed by atoms with Crippen LogP contribution >= 0.6 is 79.6 Å². The topological polar surface area (TPSA) is 330 Å². The molecule has 4 aliphatic heterocycles. The minimum Gasteiger partial charge on any atom is -1.00 e. The number of amides is 4. The quantitative estimate of drug-likeness (QED) is 0.0343. The van der Waals surface area contributed by atoms with E-state index in [0.717, 1.165) is 73.6 Å². The van der Waals surface area contributed by atoms with Gasteiger partial charge in [-0.2, -0.15) is 20.4 Å². The monoisotopic (exact) mass is 1890 g/mol. The molecule has 4 amide bonds. The van der Waals surface area contributed by atoms with Crippen molar-refractivity contribution < 1.29 is 247 Å². The van der Waals surface area contributed by atoms with Crippen molar-refractivity contribution in [2.75, 3.05) is 52.6 Å². The predicted molar refractivity (Wildman–Crippen MR) is 351 cm³/mol. The number of aromatic amines is 1. The fourth-order valence-corrected chi connectivity index (χ4v) is 11.2. The first-order chi connectivity index (χ1) is 42.1. The standard InChI is InChI=1S/C16H24BrN3O4.C13H18BrN3O3.2C11H16BrN3O2.C5H9BrO2.CH2O3.B.2Cs.Na.2H/c1-6-23-14(21)10(2)20-12-7-8-19(9-11(12)13(17)18-20)15(22)24-16(3,4)5;1-4-20-13(19)8(2)17-11-5-6-16(9(3)18)7-10(11)12(14)15-17;1-11(2,3)17-10(16)15-5-4-8-7(6-15)9(12)14-13-8;1-7(6-16)15-10-3-4-14(8(2)17)5-9(10)11(12)13-15;1-3-8-5(7)4(2)6;2-1-4-3;;;;;;/h10H,6-9H2,1-5H3;8H,4-7H2,1-3H3;4-6H2,1-3H3,(H,13,14);7,16H,3-6H2,1-2H3;4H,3H2,1-2H3;1,3H;;;;;;/q;;;;;;;3*+1;2*-1/p-1. The van der Waals surface area contributed by atoms with E-state index in [1.807, 2.05) is 58.0 Å². The smallest absolute Gasteiger partial charge is 1.00 e. The summed E-state index contributed by atoms with van der Waals surface area (Å²) in [6.45, 7) is 32.5. The molecule has 4 aliphatic rings. The van der Waals surface area contributed by atoms with Crippen LogP contribution in [-0.4, -0.2) is 190 Å². The van der Waals surface area contributed by atoms with Gasteiger partial charge in [0.25, 0.3) is 6.47 Å². The van der Waals surface area contributed by atoms with E-state index in [9.17, 15) is 38.7 Å². The van der Waals surface area contributed by atoms with Gasteiger partial charge in [-0.1, -0.05) is 15.9 Å². The summed E-state index contributed by atoms with van der Waals surface area (Å²) in [7, 11) is 0. The van der Waals surface area contributed by atoms with Gasteiger partial charge >= 0.3 is 197 Å². The molecule has 0 saturated carbocycles. The number of aromatic nitrogens is 8. The Morgan fingerprint density at radius 3 is 1.22 bits per heavy atom.